The summed E-state index contributed by atoms with van der Waals surface area (Å²) in [6.07, 6.45) is -0.115. The smallest absolute Gasteiger partial charge is 0.282 e. The molecule has 1 amide bonds. The Morgan fingerprint density at radius 3 is 2.81 bits per heavy atom. The second-order valence-electron chi connectivity index (χ2n) is 6.60. The van der Waals surface area contributed by atoms with Crippen LogP contribution in [-0.4, -0.2) is 45.4 Å². The number of hydrogen-bond donors (Lipinski definition) is 2. The molecule has 1 unspecified atom stereocenters. The molecule has 3 rings (SSSR count). The Morgan fingerprint density at radius 2 is 2.07 bits per heavy atom. The number of hydrogen-bond acceptors (Lipinski definition) is 4. The zero-order valence-electron chi connectivity index (χ0n) is 15.6. The Balaban J connectivity index is 1.60. The number of para-hydroxylation sites is 2. The van der Waals surface area contributed by atoms with Crippen molar-refractivity contribution in [1.29, 1.82) is 0 Å². The number of fused-ring (bicyclic) bond motifs is 1. The first-order chi connectivity index (χ1) is 13.0. The summed E-state index contributed by atoms with van der Waals surface area (Å²) in [6.45, 7) is 2.97. The second-order valence-corrected chi connectivity index (χ2v) is 7.04. The number of amides is 1. The van der Waals surface area contributed by atoms with Crippen LogP contribution in [0, 0.1) is 0 Å². The van der Waals surface area contributed by atoms with E-state index in [-0.39, 0.29) is 18.1 Å². The van der Waals surface area contributed by atoms with Gasteiger partial charge in [0.1, 0.15) is 18.9 Å². The summed E-state index contributed by atoms with van der Waals surface area (Å²) in [7, 11) is 3.52. The molecular formula is C20H24ClN2O4+. The first-order valence-corrected chi connectivity index (χ1v) is 9.21. The third-order valence-electron chi connectivity index (χ3n) is 4.67. The number of nitrogens with one attached hydrogen (secondary N) is 2. The van der Waals surface area contributed by atoms with Crippen LogP contribution in [0.5, 0.6) is 17.2 Å². The van der Waals surface area contributed by atoms with Gasteiger partial charge >= 0.3 is 0 Å². The molecule has 2 aromatic carbocycles. The maximum absolute atomic E-state index is 12.7. The van der Waals surface area contributed by atoms with Gasteiger partial charge in [-0.05, 0) is 37.3 Å². The minimum absolute atomic E-state index is 0.115. The van der Waals surface area contributed by atoms with Crippen LogP contribution in [0.2, 0.25) is 5.02 Å². The summed E-state index contributed by atoms with van der Waals surface area (Å²) in [5.74, 6) is 1.94. The molecule has 7 heteroatoms. The molecule has 1 heterocycles. The lowest BCUT2D eigenvalue weighted by Crippen LogP contribution is -3.15. The van der Waals surface area contributed by atoms with Crippen LogP contribution in [0.15, 0.2) is 42.5 Å². The van der Waals surface area contributed by atoms with Crippen LogP contribution in [0.1, 0.15) is 6.92 Å². The highest BCUT2D eigenvalue weighted by Crippen LogP contribution is 2.30. The molecule has 0 fully saturated rings. The summed E-state index contributed by atoms with van der Waals surface area (Å²) < 4.78 is 17.0. The van der Waals surface area contributed by atoms with Crippen LogP contribution in [0.4, 0.5) is 5.69 Å². The molecule has 1 aliphatic heterocycles. The zero-order valence-corrected chi connectivity index (χ0v) is 16.4. The van der Waals surface area contributed by atoms with Crippen molar-refractivity contribution in [1.82, 2.24) is 0 Å². The molecule has 6 nitrogen and oxygen atoms in total. The first kappa shape index (κ1) is 19.3. The quantitative estimate of drug-likeness (QED) is 0.791. The highest BCUT2D eigenvalue weighted by Gasteiger charge is 2.29. The number of ether oxygens (including phenoxy) is 3. The number of benzene rings is 2. The van der Waals surface area contributed by atoms with Gasteiger partial charge in [-0.25, -0.2) is 0 Å². The lowest BCUT2D eigenvalue weighted by atomic mass is 10.2. The van der Waals surface area contributed by atoms with E-state index in [0.717, 1.165) is 16.4 Å². The molecule has 144 valence electrons. The summed E-state index contributed by atoms with van der Waals surface area (Å²) in [4.78, 5) is 13.7. The van der Waals surface area contributed by atoms with Crippen molar-refractivity contribution in [2.45, 2.75) is 19.1 Å². The van der Waals surface area contributed by atoms with Gasteiger partial charge in [0.2, 0.25) is 0 Å². The van der Waals surface area contributed by atoms with Gasteiger partial charge < -0.3 is 24.4 Å². The van der Waals surface area contributed by atoms with Gasteiger partial charge in [-0.15, -0.1) is 0 Å². The van der Waals surface area contributed by atoms with Crippen molar-refractivity contribution in [2.75, 3.05) is 32.6 Å². The molecule has 0 aliphatic carbocycles. The van der Waals surface area contributed by atoms with Crippen molar-refractivity contribution < 1.29 is 23.9 Å². The molecule has 3 atom stereocenters. The fraction of sp³-hybridized carbons (Fsp3) is 0.350. The third kappa shape index (κ3) is 4.64. The number of halogens is 1. The van der Waals surface area contributed by atoms with Crippen molar-refractivity contribution >= 4 is 23.2 Å². The van der Waals surface area contributed by atoms with Gasteiger partial charge in [-0.1, -0.05) is 23.7 Å². The molecular weight excluding hydrogens is 368 g/mol. The predicted molar refractivity (Wildman–Crippen MR) is 104 cm³/mol. The summed E-state index contributed by atoms with van der Waals surface area (Å²) >= 11 is 6.03. The van der Waals surface area contributed by atoms with Gasteiger partial charge in [0.05, 0.1) is 19.8 Å². The van der Waals surface area contributed by atoms with Gasteiger partial charge in [0.15, 0.2) is 23.6 Å². The lowest BCUT2D eigenvalue weighted by molar-refractivity contribution is -0.896. The van der Waals surface area contributed by atoms with Crippen LogP contribution in [-0.2, 0) is 4.79 Å². The Labute approximate surface area is 164 Å². The Kier molecular flexibility index (Phi) is 6.08. The van der Waals surface area contributed by atoms with Crippen LogP contribution >= 0.6 is 11.6 Å². The van der Waals surface area contributed by atoms with E-state index in [0.29, 0.717) is 29.6 Å². The maximum Gasteiger partial charge on any atom is 0.282 e. The van der Waals surface area contributed by atoms with E-state index >= 15 is 0 Å². The topological polar surface area (TPSA) is 61.2 Å². The molecule has 1 aliphatic rings. The van der Waals surface area contributed by atoms with Crippen molar-refractivity contribution in [3.05, 3.63) is 47.5 Å². The predicted octanol–water partition coefficient (Wildman–Crippen LogP) is 2.03. The maximum atomic E-state index is 12.7. The number of likely N-dealkylation sites (N-methyl/N-ethyl adjacent to an activating group) is 1. The number of methoxy groups -OCH3 is 1. The van der Waals surface area contributed by atoms with Gasteiger partial charge in [-0.2, -0.15) is 0 Å². The van der Waals surface area contributed by atoms with E-state index in [4.69, 9.17) is 25.8 Å². The van der Waals surface area contributed by atoms with E-state index < -0.39 is 0 Å². The molecule has 0 spiro atoms. The molecule has 27 heavy (non-hydrogen) atoms. The number of rotatable bonds is 6. The molecule has 2 aromatic rings. The number of carbonyl (C=O) groups excluding carboxylic acids is 1. The van der Waals surface area contributed by atoms with Crippen molar-refractivity contribution in [2.24, 2.45) is 0 Å². The Hall–Kier alpha value is -2.44. The van der Waals surface area contributed by atoms with E-state index in [1.807, 2.05) is 38.2 Å². The summed E-state index contributed by atoms with van der Waals surface area (Å²) in [5.41, 5.74) is 0.556. The largest absolute Gasteiger partial charge is 0.495 e. The number of anilines is 1. The minimum atomic E-state index is -0.297. The first-order valence-electron chi connectivity index (χ1n) is 8.83. The Bertz CT molecular complexity index is 814. The average molecular weight is 392 g/mol. The minimum Gasteiger partial charge on any atom is -0.495 e. The fourth-order valence-electron chi connectivity index (χ4n) is 2.94. The SMILES string of the molecule is COc1ccc(Cl)cc1NC(=O)[C@@H](C)[NH+](C)C[C@@H]1COc2ccccc2O1. The molecule has 0 saturated carbocycles. The molecule has 0 aromatic heterocycles. The van der Waals surface area contributed by atoms with E-state index in [9.17, 15) is 4.79 Å². The summed E-state index contributed by atoms with van der Waals surface area (Å²) in [6, 6.07) is 12.4. The van der Waals surface area contributed by atoms with Gasteiger partial charge in [-0.3, -0.25) is 4.79 Å². The zero-order chi connectivity index (χ0) is 19.4. The van der Waals surface area contributed by atoms with E-state index in [2.05, 4.69) is 5.32 Å². The summed E-state index contributed by atoms with van der Waals surface area (Å²) in [5, 5.41) is 3.43. The average Bonchev–Trinajstić information content (AvgIpc) is 2.67. The monoisotopic (exact) mass is 391 g/mol. The lowest BCUT2D eigenvalue weighted by Gasteiger charge is -2.29. The van der Waals surface area contributed by atoms with E-state index in [1.54, 1.807) is 25.3 Å². The molecule has 0 radical (unpaired) electrons. The number of quaternary nitrogens is 1. The molecule has 0 bridgehead atoms. The fourth-order valence-corrected chi connectivity index (χ4v) is 3.11. The highest BCUT2D eigenvalue weighted by atomic mass is 35.5. The standard InChI is InChI=1S/C20H23ClN2O4/c1-13(20(24)22-16-10-14(21)8-9-17(16)25-3)23(2)11-15-12-26-18-6-4-5-7-19(18)27-15/h4-10,13,15H,11-12H2,1-3H3,(H,22,24)/p+1/t13-,15-/m1/s1. The van der Waals surface area contributed by atoms with Crippen molar-refractivity contribution in [3.63, 3.8) is 0 Å². The number of carbonyl (C=O) groups is 1. The molecule has 2 N–H and O–H groups in total. The van der Waals surface area contributed by atoms with Gasteiger partial charge in [0.25, 0.3) is 5.91 Å². The molecule has 0 saturated heterocycles. The third-order valence-corrected chi connectivity index (χ3v) is 4.90. The van der Waals surface area contributed by atoms with Gasteiger partial charge in [0, 0.05) is 5.02 Å². The van der Waals surface area contributed by atoms with E-state index in [1.165, 1.54) is 0 Å². The van der Waals surface area contributed by atoms with Crippen LogP contribution in [0.3, 0.4) is 0 Å². The van der Waals surface area contributed by atoms with Crippen molar-refractivity contribution in [3.8, 4) is 17.2 Å². The van der Waals surface area contributed by atoms with Crippen LogP contribution in [0.25, 0.3) is 0 Å². The second kappa shape index (κ2) is 8.50. The normalized spacial score (nSPS) is 17.7. The Morgan fingerprint density at radius 1 is 1.33 bits per heavy atom. The highest BCUT2D eigenvalue weighted by molar-refractivity contribution is 6.31. The van der Waals surface area contributed by atoms with Crippen LogP contribution < -0.4 is 24.4 Å².